The van der Waals surface area contributed by atoms with E-state index in [0.717, 1.165) is 16.5 Å². The fourth-order valence-electron chi connectivity index (χ4n) is 1.82. The first kappa shape index (κ1) is 10.6. The Hall–Kier alpha value is 0.0700. The third-order valence-corrected chi connectivity index (χ3v) is 4.06. The van der Waals surface area contributed by atoms with Crippen molar-refractivity contribution in [3.63, 3.8) is 0 Å². The molecule has 0 bridgehead atoms. The van der Waals surface area contributed by atoms with Crippen LogP contribution in [0.5, 0.6) is 0 Å². The van der Waals surface area contributed by atoms with E-state index in [1.54, 1.807) is 0 Å². The van der Waals surface area contributed by atoms with Gasteiger partial charge in [0.05, 0.1) is 6.26 Å². The summed E-state index contributed by atoms with van der Waals surface area (Å²) in [6.07, 6.45) is 5.35. The van der Waals surface area contributed by atoms with Gasteiger partial charge in [-0.15, -0.1) is 0 Å². The molecule has 1 saturated heterocycles. The smallest absolute Gasteiger partial charge is 0.169 e. The van der Waals surface area contributed by atoms with Crippen molar-refractivity contribution in [3.8, 4) is 0 Å². The third kappa shape index (κ3) is 2.55. The van der Waals surface area contributed by atoms with Gasteiger partial charge in [0, 0.05) is 23.9 Å². The van der Waals surface area contributed by atoms with E-state index in [2.05, 4.69) is 27.1 Å². The van der Waals surface area contributed by atoms with Gasteiger partial charge in [0.15, 0.2) is 4.67 Å². The summed E-state index contributed by atoms with van der Waals surface area (Å²) >= 11 is 5.30. The highest BCUT2D eigenvalue weighted by atomic mass is 79.9. The van der Waals surface area contributed by atoms with Crippen LogP contribution in [0.15, 0.2) is 21.4 Å². The van der Waals surface area contributed by atoms with Crippen molar-refractivity contribution >= 4 is 27.7 Å². The molecule has 0 saturated carbocycles. The summed E-state index contributed by atoms with van der Waals surface area (Å²) in [7, 11) is 0. The molecule has 1 aliphatic heterocycles. The second kappa shape index (κ2) is 4.73. The van der Waals surface area contributed by atoms with Crippen LogP contribution < -0.4 is 0 Å². The first-order valence-corrected chi connectivity index (χ1v) is 6.84. The van der Waals surface area contributed by atoms with Crippen LogP contribution in [-0.2, 0) is 6.54 Å². The largest absolute Gasteiger partial charge is 0.457 e. The number of hydrogen-bond donors (Lipinski definition) is 0. The Morgan fingerprint density at radius 2 is 2.57 bits per heavy atom. The molecule has 0 amide bonds. The van der Waals surface area contributed by atoms with Crippen molar-refractivity contribution in [2.75, 3.05) is 19.3 Å². The maximum absolute atomic E-state index is 5.21. The molecular formula is C10H14BrNOS. The number of likely N-dealkylation sites (tertiary alicyclic amines) is 1. The molecule has 0 radical (unpaired) electrons. The van der Waals surface area contributed by atoms with Crippen LogP contribution in [0.4, 0.5) is 0 Å². The van der Waals surface area contributed by atoms with Gasteiger partial charge >= 0.3 is 0 Å². The molecule has 2 heterocycles. The minimum Gasteiger partial charge on any atom is -0.457 e. The summed E-state index contributed by atoms with van der Waals surface area (Å²) in [6, 6.07) is 2.05. The third-order valence-electron chi connectivity index (χ3n) is 2.59. The molecule has 1 atom stereocenters. The minimum atomic E-state index is 0.824. The lowest BCUT2D eigenvalue weighted by molar-refractivity contribution is 0.331. The second-order valence-electron chi connectivity index (χ2n) is 3.64. The van der Waals surface area contributed by atoms with Crippen LogP contribution in [-0.4, -0.2) is 29.5 Å². The maximum Gasteiger partial charge on any atom is 0.169 e. The second-order valence-corrected chi connectivity index (χ2v) is 5.56. The van der Waals surface area contributed by atoms with E-state index >= 15 is 0 Å². The van der Waals surface area contributed by atoms with Gasteiger partial charge in [-0.1, -0.05) is 0 Å². The van der Waals surface area contributed by atoms with E-state index in [0.29, 0.717) is 0 Å². The number of furan rings is 1. The predicted octanol–water partition coefficient (Wildman–Crippen LogP) is 2.98. The van der Waals surface area contributed by atoms with Crippen molar-refractivity contribution in [3.05, 3.63) is 22.6 Å². The summed E-state index contributed by atoms with van der Waals surface area (Å²) in [4.78, 5) is 2.48. The van der Waals surface area contributed by atoms with Gasteiger partial charge in [-0.25, -0.2) is 0 Å². The lowest BCUT2D eigenvalue weighted by Gasteiger charge is -2.13. The molecule has 4 heteroatoms. The zero-order chi connectivity index (χ0) is 9.97. The minimum absolute atomic E-state index is 0.824. The van der Waals surface area contributed by atoms with Crippen LogP contribution >= 0.6 is 27.7 Å². The van der Waals surface area contributed by atoms with Gasteiger partial charge in [0.1, 0.15) is 0 Å². The normalized spacial score (nSPS) is 23.1. The monoisotopic (exact) mass is 275 g/mol. The summed E-state index contributed by atoms with van der Waals surface area (Å²) in [5.74, 6) is 0. The Morgan fingerprint density at radius 3 is 3.14 bits per heavy atom. The van der Waals surface area contributed by atoms with Crippen molar-refractivity contribution in [1.29, 1.82) is 0 Å². The van der Waals surface area contributed by atoms with Crippen molar-refractivity contribution in [2.45, 2.75) is 18.2 Å². The molecular weight excluding hydrogens is 262 g/mol. The number of hydrogen-bond acceptors (Lipinski definition) is 3. The molecule has 0 aromatic carbocycles. The van der Waals surface area contributed by atoms with Gasteiger partial charge in [-0.3, -0.25) is 4.90 Å². The molecule has 1 aromatic rings. The topological polar surface area (TPSA) is 16.4 Å². The Balaban J connectivity index is 1.87. The standard InChI is InChI=1S/C10H14BrNOS/c1-14-9-2-3-12(6-9)5-8-4-10(11)13-7-8/h4,7,9H,2-3,5-6H2,1H3. The quantitative estimate of drug-likeness (QED) is 0.844. The van der Waals surface area contributed by atoms with E-state index in [1.165, 1.54) is 25.1 Å². The number of rotatable bonds is 3. The van der Waals surface area contributed by atoms with Gasteiger partial charge in [0.2, 0.25) is 0 Å². The van der Waals surface area contributed by atoms with Crippen molar-refractivity contribution < 1.29 is 4.42 Å². The Bertz CT molecular complexity index is 302. The highest BCUT2D eigenvalue weighted by molar-refractivity contribution is 9.10. The zero-order valence-corrected chi connectivity index (χ0v) is 10.6. The summed E-state index contributed by atoms with van der Waals surface area (Å²) in [6.45, 7) is 3.45. The average Bonchev–Trinajstić information content (AvgIpc) is 2.76. The maximum atomic E-state index is 5.21. The summed E-state index contributed by atoms with van der Waals surface area (Å²) < 4.78 is 6.04. The zero-order valence-electron chi connectivity index (χ0n) is 8.20. The predicted molar refractivity (Wildman–Crippen MR) is 63.6 cm³/mol. The molecule has 1 fully saturated rings. The molecule has 1 aromatic heterocycles. The highest BCUT2D eigenvalue weighted by Gasteiger charge is 2.21. The fourth-order valence-corrected chi connectivity index (χ4v) is 2.91. The fraction of sp³-hybridized carbons (Fsp3) is 0.600. The van der Waals surface area contributed by atoms with E-state index < -0.39 is 0 Å². The van der Waals surface area contributed by atoms with Crippen molar-refractivity contribution in [1.82, 2.24) is 4.90 Å². The molecule has 0 N–H and O–H groups in total. The molecule has 1 unspecified atom stereocenters. The van der Waals surface area contributed by atoms with Crippen LogP contribution in [0.25, 0.3) is 0 Å². The lowest BCUT2D eigenvalue weighted by atomic mass is 10.3. The van der Waals surface area contributed by atoms with E-state index in [-0.39, 0.29) is 0 Å². The first-order chi connectivity index (χ1) is 6.78. The average molecular weight is 276 g/mol. The molecule has 0 spiro atoms. The molecule has 1 aliphatic rings. The SMILES string of the molecule is CSC1CCN(Cc2coc(Br)c2)C1. The van der Waals surface area contributed by atoms with Gasteiger partial charge in [0.25, 0.3) is 0 Å². The van der Waals surface area contributed by atoms with E-state index in [1.807, 2.05) is 24.1 Å². The Kier molecular flexibility index (Phi) is 3.57. The van der Waals surface area contributed by atoms with Gasteiger partial charge in [-0.2, -0.15) is 11.8 Å². The van der Waals surface area contributed by atoms with Crippen LogP contribution in [0, 0.1) is 0 Å². The van der Waals surface area contributed by atoms with Crippen LogP contribution in [0.1, 0.15) is 12.0 Å². The number of thioether (sulfide) groups is 1. The molecule has 78 valence electrons. The van der Waals surface area contributed by atoms with Gasteiger partial charge < -0.3 is 4.42 Å². The van der Waals surface area contributed by atoms with Crippen molar-refractivity contribution in [2.24, 2.45) is 0 Å². The lowest BCUT2D eigenvalue weighted by Crippen LogP contribution is -2.20. The summed E-state index contributed by atoms with van der Waals surface area (Å²) in [5.41, 5.74) is 1.26. The Labute approximate surface area is 97.2 Å². The van der Waals surface area contributed by atoms with Crippen LogP contribution in [0.3, 0.4) is 0 Å². The number of nitrogens with zero attached hydrogens (tertiary/aromatic N) is 1. The molecule has 14 heavy (non-hydrogen) atoms. The van der Waals surface area contributed by atoms with Crippen LogP contribution in [0.2, 0.25) is 0 Å². The van der Waals surface area contributed by atoms with E-state index in [4.69, 9.17) is 4.42 Å². The Morgan fingerprint density at radius 1 is 1.71 bits per heavy atom. The molecule has 0 aliphatic carbocycles. The molecule has 2 rings (SSSR count). The summed E-state index contributed by atoms with van der Waals surface area (Å²) in [5, 5.41) is 0.824. The molecule has 2 nitrogen and oxygen atoms in total. The highest BCUT2D eigenvalue weighted by Crippen LogP contribution is 2.23. The van der Waals surface area contributed by atoms with E-state index in [9.17, 15) is 0 Å². The first-order valence-electron chi connectivity index (χ1n) is 4.76. The number of halogens is 1. The van der Waals surface area contributed by atoms with Gasteiger partial charge in [-0.05, 0) is 41.2 Å².